The number of aldehydes is 1. The van der Waals surface area contributed by atoms with Gasteiger partial charge in [-0.05, 0) is 0 Å². The van der Waals surface area contributed by atoms with Gasteiger partial charge in [0, 0.05) is 5.75 Å². The molecular weight excluding hydrogens is 84.1 g/mol. The molecule has 1 heterocycles. The highest BCUT2D eigenvalue weighted by atomic mass is 32.2. The van der Waals surface area contributed by atoms with E-state index in [2.05, 4.69) is 0 Å². The molecule has 1 saturated heterocycles. The predicted octanol–water partition coefficient (Wildman–Crippen LogP) is 0.301. The first-order valence-corrected chi connectivity index (χ1v) is 2.55. The average Bonchev–Trinajstić information content (AvgIpc) is 2.12. The second kappa shape index (κ2) is 1.01. The molecule has 0 aromatic heterocycles. The van der Waals surface area contributed by atoms with Crippen LogP contribution >= 0.6 is 11.8 Å². The van der Waals surface area contributed by atoms with Gasteiger partial charge in [-0.1, -0.05) is 0 Å². The first kappa shape index (κ1) is 3.22. The SMILES string of the molecule is O=CC1CS1. The Bertz CT molecular complexity index is 48.9. The van der Waals surface area contributed by atoms with Gasteiger partial charge in [0.2, 0.25) is 0 Å². The molecule has 0 aromatic rings. The molecule has 1 nitrogen and oxygen atoms in total. The van der Waals surface area contributed by atoms with E-state index in [1.54, 1.807) is 11.8 Å². The molecule has 1 aliphatic heterocycles. The van der Waals surface area contributed by atoms with Crippen LogP contribution in [0.15, 0.2) is 0 Å². The van der Waals surface area contributed by atoms with Gasteiger partial charge in [0.25, 0.3) is 0 Å². The van der Waals surface area contributed by atoms with E-state index < -0.39 is 0 Å². The molecule has 0 radical (unpaired) electrons. The minimum atomic E-state index is 0.370. The Hall–Kier alpha value is 0.0200. The van der Waals surface area contributed by atoms with E-state index in [1.807, 2.05) is 0 Å². The van der Waals surface area contributed by atoms with Crippen molar-refractivity contribution in [3.8, 4) is 0 Å². The summed E-state index contributed by atoms with van der Waals surface area (Å²) < 4.78 is 0. The van der Waals surface area contributed by atoms with Crippen molar-refractivity contribution >= 4 is 18.0 Å². The topological polar surface area (TPSA) is 17.1 Å². The molecule has 2 heteroatoms. The van der Waals surface area contributed by atoms with Crippen molar-refractivity contribution in [2.75, 3.05) is 5.75 Å². The van der Waals surface area contributed by atoms with Crippen molar-refractivity contribution in [1.82, 2.24) is 0 Å². The third-order valence-electron chi connectivity index (χ3n) is 0.511. The number of carbonyl (C=O) groups excluding carboxylic acids is 1. The van der Waals surface area contributed by atoms with Gasteiger partial charge >= 0.3 is 0 Å². The normalized spacial score (nSPS) is 33.2. The predicted molar refractivity (Wildman–Crippen MR) is 22.3 cm³/mol. The highest BCUT2D eigenvalue weighted by molar-refractivity contribution is 8.07. The molecule has 1 aliphatic rings. The van der Waals surface area contributed by atoms with Crippen molar-refractivity contribution in [3.63, 3.8) is 0 Å². The molecule has 1 atom stereocenters. The fourth-order valence-corrected chi connectivity index (χ4v) is 0.402. The van der Waals surface area contributed by atoms with Crippen LogP contribution in [0.3, 0.4) is 0 Å². The number of hydrogen-bond acceptors (Lipinski definition) is 2. The number of rotatable bonds is 1. The zero-order valence-electron chi connectivity index (χ0n) is 2.68. The summed E-state index contributed by atoms with van der Waals surface area (Å²) in [5.41, 5.74) is 0. The van der Waals surface area contributed by atoms with Gasteiger partial charge in [0.1, 0.15) is 6.29 Å². The number of carbonyl (C=O) groups is 1. The molecule has 0 N–H and O–H groups in total. The Morgan fingerprint density at radius 1 is 2.00 bits per heavy atom. The summed E-state index contributed by atoms with van der Waals surface area (Å²) in [5.74, 6) is 1.06. The van der Waals surface area contributed by atoms with Crippen molar-refractivity contribution in [3.05, 3.63) is 0 Å². The number of thioether (sulfide) groups is 1. The lowest BCUT2D eigenvalue weighted by Crippen LogP contribution is -1.77. The van der Waals surface area contributed by atoms with E-state index >= 15 is 0 Å². The molecule has 1 fully saturated rings. The second-order valence-electron chi connectivity index (χ2n) is 1.01. The highest BCUT2D eigenvalue weighted by Crippen LogP contribution is 2.26. The van der Waals surface area contributed by atoms with Crippen LogP contribution in [0.2, 0.25) is 0 Å². The second-order valence-corrected chi connectivity index (χ2v) is 2.28. The molecule has 1 unspecified atom stereocenters. The molecule has 1 rings (SSSR count). The van der Waals surface area contributed by atoms with Crippen molar-refractivity contribution in [1.29, 1.82) is 0 Å². The van der Waals surface area contributed by atoms with E-state index in [1.165, 1.54) is 0 Å². The Balaban J connectivity index is 2.21. The van der Waals surface area contributed by atoms with Crippen LogP contribution in [0.4, 0.5) is 0 Å². The zero-order chi connectivity index (χ0) is 3.70. The van der Waals surface area contributed by atoms with Crippen molar-refractivity contribution < 1.29 is 4.79 Å². The average molecular weight is 88.1 g/mol. The van der Waals surface area contributed by atoms with E-state index in [0.717, 1.165) is 12.0 Å². The van der Waals surface area contributed by atoms with E-state index in [4.69, 9.17) is 0 Å². The van der Waals surface area contributed by atoms with Gasteiger partial charge < -0.3 is 4.79 Å². The molecule has 5 heavy (non-hydrogen) atoms. The van der Waals surface area contributed by atoms with Gasteiger partial charge in [0.15, 0.2) is 0 Å². The van der Waals surface area contributed by atoms with E-state index in [9.17, 15) is 4.79 Å². The van der Waals surface area contributed by atoms with Crippen LogP contribution in [0, 0.1) is 0 Å². The third kappa shape index (κ3) is 0.651. The minimum absolute atomic E-state index is 0.370. The maximum absolute atomic E-state index is 9.55. The smallest absolute Gasteiger partial charge is 0.133 e. The molecule has 0 saturated carbocycles. The Morgan fingerprint density at radius 3 is 2.60 bits per heavy atom. The summed E-state index contributed by atoms with van der Waals surface area (Å²) in [6.45, 7) is 0. The highest BCUT2D eigenvalue weighted by Gasteiger charge is 2.20. The molecule has 0 aromatic carbocycles. The van der Waals surface area contributed by atoms with Gasteiger partial charge in [0.05, 0.1) is 5.25 Å². The lowest BCUT2D eigenvalue weighted by Gasteiger charge is -1.54. The van der Waals surface area contributed by atoms with Gasteiger partial charge in [-0.2, -0.15) is 0 Å². The molecule has 0 aliphatic carbocycles. The summed E-state index contributed by atoms with van der Waals surface area (Å²) in [6.07, 6.45) is 0.991. The Labute approximate surface area is 34.7 Å². The van der Waals surface area contributed by atoms with Gasteiger partial charge in [-0.25, -0.2) is 0 Å². The third-order valence-corrected chi connectivity index (χ3v) is 1.34. The van der Waals surface area contributed by atoms with E-state index in [0.29, 0.717) is 5.25 Å². The minimum Gasteiger partial charge on any atom is -0.302 e. The van der Waals surface area contributed by atoms with Crippen LogP contribution in [0.5, 0.6) is 0 Å². The monoisotopic (exact) mass is 88.0 g/mol. The fraction of sp³-hybridized carbons (Fsp3) is 0.667. The first-order valence-electron chi connectivity index (χ1n) is 1.50. The maximum Gasteiger partial charge on any atom is 0.133 e. The summed E-state index contributed by atoms with van der Waals surface area (Å²) in [4.78, 5) is 9.55. The summed E-state index contributed by atoms with van der Waals surface area (Å²) in [6, 6.07) is 0. The largest absolute Gasteiger partial charge is 0.302 e. The quantitative estimate of drug-likeness (QED) is 0.339. The molecule has 0 amide bonds. The summed E-state index contributed by atoms with van der Waals surface area (Å²) in [7, 11) is 0. The molecular formula is C3H4OS. The zero-order valence-corrected chi connectivity index (χ0v) is 3.49. The lowest BCUT2D eigenvalue weighted by atomic mass is 10.6. The summed E-state index contributed by atoms with van der Waals surface area (Å²) >= 11 is 1.70. The lowest BCUT2D eigenvalue weighted by molar-refractivity contribution is -0.106. The van der Waals surface area contributed by atoms with Crippen molar-refractivity contribution in [2.45, 2.75) is 5.25 Å². The summed E-state index contributed by atoms with van der Waals surface area (Å²) in [5, 5.41) is 0.370. The van der Waals surface area contributed by atoms with Crippen LogP contribution in [0.25, 0.3) is 0 Å². The molecule has 0 spiro atoms. The van der Waals surface area contributed by atoms with Gasteiger partial charge in [-0.3, -0.25) is 0 Å². The number of hydrogen-bond donors (Lipinski definition) is 0. The van der Waals surface area contributed by atoms with Crippen LogP contribution in [-0.4, -0.2) is 17.3 Å². The fourth-order valence-electron chi connectivity index (χ4n) is 0.134. The van der Waals surface area contributed by atoms with Crippen molar-refractivity contribution in [2.24, 2.45) is 0 Å². The standard InChI is InChI=1S/C3H4OS/c4-1-3-2-5-3/h1,3H,2H2. The molecule has 0 bridgehead atoms. The van der Waals surface area contributed by atoms with Crippen LogP contribution in [-0.2, 0) is 4.79 Å². The van der Waals surface area contributed by atoms with Crippen LogP contribution in [0.1, 0.15) is 0 Å². The van der Waals surface area contributed by atoms with Gasteiger partial charge in [-0.15, -0.1) is 11.8 Å². The Kier molecular flexibility index (Phi) is 0.651. The maximum atomic E-state index is 9.55. The Morgan fingerprint density at radius 2 is 2.60 bits per heavy atom. The van der Waals surface area contributed by atoms with Crippen LogP contribution < -0.4 is 0 Å². The first-order chi connectivity index (χ1) is 2.43. The molecule has 28 valence electrons. The van der Waals surface area contributed by atoms with E-state index in [-0.39, 0.29) is 0 Å².